The van der Waals surface area contributed by atoms with Crippen LogP contribution in [0.1, 0.15) is 24.5 Å². The third-order valence-corrected chi connectivity index (χ3v) is 4.64. The number of hydrogen-bond donors (Lipinski definition) is 1. The van der Waals surface area contributed by atoms with Crippen molar-refractivity contribution in [3.8, 4) is 6.07 Å². The van der Waals surface area contributed by atoms with Crippen molar-refractivity contribution in [2.75, 3.05) is 31.1 Å². The van der Waals surface area contributed by atoms with Crippen LogP contribution in [0, 0.1) is 11.3 Å². The summed E-state index contributed by atoms with van der Waals surface area (Å²) in [6, 6.07) is 15.1. The Hall–Kier alpha value is -3.66. The van der Waals surface area contributed by atoms with Crippen LogP contribution in [0.25, 0.3) is 6.08 Å². The predicted molar refractivity (Wildman–Crippen MR) is 111 cm³/mol. The summed E-state index contributed by atoms with van der Waals surface area (Å²) in [6.07, 6.45) is 4.10. The van der Waals surface area contributed by atoms with Crippen molar-refractivity contribution in [1.29, 1.82) is 5.26 Å². The van der Waals surface area contributed by atoms with Gasteiger partial charge < -0.3 is 15.1 Å². The molecule has 1 fully saturated rings. The Balaban J connectivity index is 1.77. The normalized spacial score (nSPS) is 14.7. The van der Waals surface area contributed by atoms with Crippen molar-refractivity contribution in [3.63, 3.8) is 0 Å². The van der Waals surface area contributed by atoms with Crippen LogP contribution >= 0.6 is 0 Å². The van der Waals surface area contributed by atoms with Crippen LogP contribution in [0.4, 0.5) is 5.82 Å². The fourth-order valence-electron chi connectivity index (χ4n) is 3.30. The molecule has 7 nitrogen and oxygen atoms in total. The van der Waals surface area contributed by atoms with Crippen LogP contribution in [0.5, 0.6) is 0 Å². The quantitative estimate of drug-likeness (QED) is 0.810. The molecule has 1 aromatic heterocycles. The fourth-order valence-corrected chi connectivity index (χ4v) is 3.30. The molecule has 3 rings (SSSR count). The van der Waals surface area contributed by atoms with Gasteiger partial charge in [0.25, 0.3) is 5.91 Å². The van der Waals surface area contributed by atoms with Gasteiger partial charge >= 0.3 is 0 Å². The summed E-state index contributed by atoms with van der Waals surface area (Å²) < 4.78 is 0. The van der Waals surface area contributed by atoms with Crippen molar-refractivity contribution < 1.29 is 9.59 Å². The second-order valence-electron chi connectivity index (χ2n) is 6.77. The Morgan fingerprint density at radius 1 is 1.10 bits per heavy atom. The third-order valence-electron chi connectivity index (χ3n) is 4.64. The Labute approximate surface area is 170 Å². The van der Waals surface area contributed by atoms with E-state index in [9.17, 15) is 14.9 Å². The van der Waals surface area contributed by atoms with Gasteiger partial charge in [0, 0.05) is 39.3 Å². The summed E-state index contributed by atoms with van der Waals surface area (Å²) in [5.74, 6) is 0.141. The molecular weight excluding hydrogens is 366 g/mol. The van der Waals surface area contributed by atoms with Gasteiger partial charge in [-0.1, -0.05) is 30.3 Å². The molecule has 0 aliphatic carbocycles. The van der Waals surface area contributed by atoms with Gasteiger partial charge in [-0.2, -0.15) is 5.26 Å². The highest BCUT2D eigenvalue weighted by Gasteiger charge is 2.24. The lowest BCUT2D eigenvalue weighted by Crippen LogP contribution is -2.40. The molecule has 148 valence electrons. The zero-order valence-electron chi connectivity index (χ0n) is 16.3. The van der Waals surface area contributed by atoms with Gasteiger partial charge in [0.15, 0.2) is 0 Å². The molecule has 2 heterocycles. The molecule has 2 aromatic rings. The number of carbonyl (C=O) groups excluding carboxylic acids is 2. The number of benzene rings is 1. The van der Waals surface area contributed by atoms with Gasteiger partial charge in [-0.3, -0.25) is 9.59 Å². The molecule has 1 N–H and O–H groups in total. The highest BCUT2D eigenvalue weighted by Crippen LogP contribution is 2.19. The maximum absolute atomic E-state index is 13.1. The van der Waals surface area contributed by atoms with Gasteiger partial charge in [-0.25, -0.2) is 4.98 Å². The molecule has 0 unspecified atom stereocenters. The van der Waals surface area contributed by atoms with E-state index in [1.54, 1.807) is 29.3 Å². The number of anilines is 1. The molecule has 29 heavy (non-hydrogen) atoms. The lowest BCUT2D eigenvalue weighted by Gasteiger charge is -2.24. The van der Waals surface area contributed by atoms with Gasteiger partial charge in [0.2, 0.25) is 5.91 Å². The van der Waals surface area contributed by atoms with Gasteiger partial charge in [-0.05, 0) is 30.2 Å². The Morgan fingerprint density at radius 3 is 2.62 bits per heavy atom. The van der Waals surface area contributed by atoms with Crippen LogP contribution in [0.2, 0.25) is 0 Å². The number of carbonyl (C=O) groups is 2. The van der Waals surface area contributed by atoms with Crippen LogP contribution in [-0.2, 0) is 9.59 Å². The predicted octanol–water partition coefficient (Wildman–Crippen LogP) is 2.17. The second-order valence-corrected chi connectivity index (χ2v) is 6.77. The van der Waals surface area contributed by atoms with E-state index in [1.807, 2.05) is 35.2 Å². The molecule has 1 aromatic carbocycles. The lowest BCUT2D eigenvalue weighted by molar-refractivity contribution is -0.129. The minimum Gasteiger partial charge on any atom is -0.354 e. The number of pyridine rings is 1. The monoisotopic (exact) mass is 389 g/mol. The molecule has 0 saturated carbocycles. The van der Waals surface area contributed by atoms with Gasteiger partial charge in [-0.15, -0.1) is 0 Å². The first-order valence-corrected chi connectivity index (χ1v) is 9.52. The number of nitrogens with one attached hydrogen (secondary N) is 1. The Morgan fingerprint density at radius 2 is 1.90 bits per heavy atom. The molecule has 0 radical (unpaired) electrons. The zero-order chi connectivity index (χ0) is 20.6. The van der Waals surface area contributed by atoms with E-state index in [0.717, 1.165) is 12.0 Å². The van der Waals surface area contributed by atoms with E-state index in [4.69, 9.17) is 0 Å². The third kappa shape index (κ3) is 5.20. The standard InChI is InChI=1S/C22H23N5O2/c1-17(28)25-20(15-18-7-3-2-4-8-18)22(29)27-12-6-11-26(13-14-27)21-19(16-23)9-5-10-24-21/h2-5,7-10,15H,6,11-14H2,1H3,(H,25,28)/b20-15+. The molecule has 2 amide bonds. The van der Waals surface area contributed by atoms with E-state index in [0.29, 0.717) is 37.6 Å². The van der Waals surface area contributed by atoms with Crippen LogP contribution < -0.4 is 10.2 Å². The van der Waals surface area contributed by atoms with Gasteiger partial charge in [0.05, 0.1) is 5.56 Å². The molecule has 0 spiro atoms. The minimum absolute atomic E-state index is 0.215. The van der Waals surface area contributed by atoms with E-state index < -0.39 is 0 Å². The summed E-state index contributed by atoms with van der Waals surface area (Å²) in [6.45, 7) is 3.70. The molecule has 0 bridgehead atoms. The summed E-state index contributed by atoms with van der Waals surface area (Å²) >= 11 is 0. The molecule has 1 aliphatic rings. The number of rotatable bonds is 4. The molecule has 0 atom stereocenters. The molecule has 1 aliphatic heterocycles. The Bertz CT molecular complexity index is 949. The lowest BCUT2D eigenvalue weighted by atomic mass is 10.2. The topological polar surface area (TPSA) is 89.3 Å². The minimum atomic E-state index is -0.288. The van der Waals surface area contributed by atoms with Gasteiger partial charge in [0.1, 0.15) is 17.6 Å². The summed E-state index contributed by atoms with van der Waals surface area (Å²) in [5.41, 5.74) is 1.62. The largest absolute Gasteiger partial charge is 0.354 e. The first kappa shape index (κ1) is 20.1. The first-order chi connectivity index (χ1) is 14.1. The molecule has 1 saturated heterocycles. The smallest absolute Gasteiger partial charge is 0.270 e. The molecule has 7 heteroatoms. The summed E-state index contributed by atoms with van der Waals surface area (Å²) in [5, 5.41) is 12.0. The number of nitrogens with zero attached hydrogens (tertiary/aromatic N) is 4. The van der Waals surface area contributed by atoms with Crippen molar-refractivity contribution in [1.82, 2.24) is 15.2 Å². The van der Waals surface area contributed by atoms with E-state index in [-0.39, 0.29) is 17.5 Å². The average Bonchev–Trinajstić information content (AvgIpc) is 2.99. The highest BCUT2D eigenvalue weighted by atomic mass is 16.2. The van der Waals surface area contributed by atoms with Crippen LogP contribution in [-0.4, -0.2) is 47.9 Å². The van der Waals surface area contributed by atoms with Crippen LogP contribution in [0.15, 0.2) is 54.4 Å². The maximum atomic E-state index is 13.1. The van der Waals surface area contributed by atoms with Crippen molar-refractivity contribution in [2.45, 2.75) is 13.3 Å². The fraction of sp³-hybridized carbons (Fsp3) is 0.273. The molecular formula is C22H23N5O2. The summed E-state index contributed by atoms with van der Waals surface area (Å²) in [7, 11) is 0. The number of aromatic nitrogens is 1. The second kappa shape index (κ2) is 9.51. The SMILES string of the molecule is CC(=O)N/C(=C/c1ccccc1)C(=O)N1CCCN(c2ncccc2C#N)CC1. The highest BCUT2D eigenvalue weighted by molar-refractivity contribution is 6.01. The number of nitriles is 1. The van der Waals surface area contributed by atoms with Crippen molar-refractivity contribution >= 4 is 23.7 Å². The number of hydrogen-bond acceptors (Lipinski definition) is 5. The van der Waals surface area contributed by atoms with Crippen molar-refractivity contribution in [2.24, 2.45) is 0 Å². The summed E-state index contributed by atoms with van der Waals surface area (Å²) in [4.78, 5) is 32.9. The Kier molecular flexibility index (Phi) is 6.59. The zero-order valence-corrected chi connectivity index (χ0v) is 16.3. The van der Waals surface area contributed by atoms with E-state index in [1.165, 1.54) is 6.92 Å². The van der Waals surface area contributed by atoms with Crippen LogP contribution in [0.3, 0.4) is 0 Å². The average molecular weight is 389 g/mol. The maximum Gasteiger partial charge on any atom is 0.270 e. The van der Waals surface area contributed by atoms with E-state index in [2.05, 4.69) is 16.4 Å². The number of amides is 2. The first-order valence-electron chi connectivity index (χ1n) is 9.52. The van der Waals surface area contributed by atoms with Crippen molar-refractivity contribution in [3.05, 3.63) is 65.5 Å². The van der Waals surface area contributed by atoms with E-state index >= 15 is 0 Å².